The highest BCUT2D eigenvalue weighted by Gasteiger charge is 2.50. The zero-order valence-corrected chi connectivity index (χ0v) is 37.3. The van der Waals surface area contributed by atoms with Gasteiger partial charge in [0.2, 0.25) is 0 Å². The Bertz CT molecular complexity index is 2050. The van der Waals surface area contributed by atoms with Gasteiger partial charge in [0.25, 0.3) is 11.7 Å². The third kappa shape index (κ3) is 10.3. The van der Waals surface area contributed by atoms with E-state index < -0.39 is 88.8 Å². The Morgan fingerprint density at radius 1 is 0.934 bits per heavy atom. The maximum atomic E-state index is 14.5. The van der Waals surface area contributed by atoms with Crippen LogP contribution in [0.5, 0.6) is 23.0 Å². The van der Waals surface area contributed by atoms with Gasteiger partial charge in [-0.05, 0) is 32.8 Å². The van der Waals surface area contributed by atoms with Crippen molar-refractivity contribution in [1.82, 2.24) is 5.01 Å². The fraction of sp³-hybridized carbons (Fsp3) is 0.565. The van der Waals surface area contributed by atoms with Crippen molar-refractivity contribution in [2.75, 3.05) is 25.5 Å². The molecule has 2 aromatic rings. The van der Waals surface area contributed by atoms with E-state index in [1.54, 1.807) is 39.8 Å². The molecule has 0 radical (unpaired) electrons. The molecule has 3 aliphatic heterocycles. The number of hydrogen-bond donors (Lipinski definition) is 6. The molecule has 3 aliphatic rings. The van der Waals surface area contributed by atoms with Crippen LogP contribution >= 0.6 is 0 Å². The number of benzene rings is 2. The van der Waals surface area contributed by atoms with Crippen LogP contribution in [0.2, 0.25) is 0 Å². The van der Waals surface area contributed by atoms with E-state index in [9.17, 15) is 39.9 Å². The van der Waals surface area contributed by atoms with Crippen LogP contribution in [0.3, 0.4) is 0 Å². The first-order valence-corrected chi connectivity index (χ1v) is 21.1. The molecule has 0 saturated carbocycles. The third-order valence-electron chi connectivity index (χ3n) is 11.9. The summed E-state index contributed by atoms with van der Waals surface area (Å²) in [5, 5.41) is 67.3. The highest BCUT2D eigenvalue weighted by molar-refractivity contribution is 6.23. The van der Waals surface area contributed by atoms with Crippen molar-refractivity contribution in [1.29, 1.82) is 0 Å². The van der Waals surface area contributed by atoms with Crippen molar-refractivity contribution < 1.29 is 58.9 Å². The number of allylic oxidation sites excluding steroid dienone is 2. The summed E-state index contributed by atoms with van der Waals surface area (Å²) in [5.41, 5.74) is -0.326. The Labute approximate surface area is 358 Å². The van der Waals surface area contributed by atoms with Crippen molar-refractivity contribution in [2.24, 2.45) is 28.8 Å². The number of nitrogens with zero attached hydrogens (tertiary/aromatic N) is 2. The number of aliphatic hydroxyl groups excluding tert-OH is 2. The first-order chi connectivity index (χ1) is 28.8. The topological polar surface area (TPSA) is 217 Å². The lowest BCUT2D eigenvalue weighted by Gasteiger charge is -2.38. The molecule has 6 N–H and O–H groups in total. The summed E-state index contributed by atoms with van der Waals surface area (Å²) in [5.74, 6) is -8.32. The lowest BCUT2D eigenvalue weighted by Crippen LogP contribution is -2.46. The number of Topliss-reactive ketones (excluding diaryl/α,β-unsaturated/α-hetero) is 1. The Morgan fingerprint density at radius 2 is 1.57 bits per heavy atom. The molecular weight excluding hydrogens is 787 g/mol. The number of aliphatic hydroxyl groups is 2. The lowest BCUT2D eigenvalue weighted by atomic mass is 9.78. The van der Waals surface area contributed by atoms with E-state index in [-0.39, 0.29) is 44.5 Å². The molecule has 0 fully saturated rings. The Hall–Kier alpha value is -5.12. The molecule has 15 heteroatoms. The minimum Gasteiger partial charge on any atom is -0.507 e. The van der Waals surface area contributed by atoms with Gasteiger partial charge in [-0.2, -0.15) is 5.10 Å². The number of aromatic hydroxyl groups is 3. The highest BCUT2D eigenvalue weighted by Crippen LogP contribution is 2.55. The third-order valence-corrected chi connectivity index (χ3v) is 11.9. The molecule has 61 heavy (non-hydrogen) atoms. The molecule has 0 spiro atoms. The molecule has 1 amide bonds. The number of anilines is 1. The Balaban J connectivity index is 1.99. The first kappa shape index (κ1) is 48.5. The number of amides is 1. The second-order valence-corrected chi connectivity index (χ2v) is 16.5. The van der Waals surface area contributed by atoms with Crippen molar-refractivity contribution in [3.8, 4) is 23.0 Å². The number of rotatable bonds is 10. The molecule has 3 heterocycles. The van der Waals surface area contributed by atoms with Gasteiger partial charge in [0, 0.05) is 74.2 Å². The number of hydrazone groups is 1. The van der Waals surface area contributed by atoms with Gasteiger partial charge in [0.05, 0.1) is 53.0 Å². The van der Waals surface area contributed by atoms with Gasteiger partial charge in [-0.25, -0.2) is 0 Å². The van der Waals surface area contributed by atoms with Crippen LogP contribution in [-0.4, -0.2) is 105 Å². The van der Waals surface area contributed by atoms with Crippen molar-refractivity contribution >= 4 is 40.3 Å². The number of hydrogen-bond acceptors (Lipinski definition) is 14. The van der Waals surface area contributed by atoms with Gasteiger partial charge in [-0.1, -0.05) is 72.6 Å². The van der Waals surface area contributed by atoms with Crippen molar-refractivity contribution in [3.05, 3.63) is 52.8 Å². The number of ether oxygens (including phenoxy) is 4. The number of ketones is 1. The fourth-order valence-corrected chi connectivity index (χ4v) is 7.92. The number of phenols is 3. The largest absolute Gasteiger partial charge is 0.507 e. The maximum absolute atomic E-state index is 14.5. The molecule has 0 unspecified atom stereocenters. The predicted octanol–water partition coefficient (Wildman–Crippen LogP) is 6.99. The zero-order valence-electron chi connectivity index (χ0n) is 37.3. The molecule has 5 bridgehead atoms. The zero-order chi connectivity index (χ0) is 45.5. The minimum absolute atomic E-state index is 0.0586. The number of nitrogens with one attached hydrogen (secondary N) is 1. The summed E-state index contributed by atoms with van der Waals surface area (Å²) in [4.78, 5) is 40.7. The second kappa shape index (κ2) is 20.6. The smallest absolute Gasteiger partial charge is 0.312 e. The first-order valence-electron chi connectivity index (χ1n) is 21.1. The van der Waals surface area contributed by atoms with Crippen LogP contribution in [-0.2, 0) is 23.8 Å². The quantitative estimate of drug-likeness (QED) is 0.0468. The number of phenolic OH excluding ortho intramolecular Hbond substituents is 3. The molecule has 2 aromatic carbocycles. The summed E-state index contributed by atoms with van der Waals surface area (Å²) in [6.07, 6.45) is 8.39. The van der Waals surface area contributed by atoms with Crippen LogP contribution in [0.4, 0.5) is 5.69 Å². The van der Waals surface area contributed by atoms with Crippen molar-refractivity contribution in [2.45, 2.75) is 125 Å². The number of fused-ring (bicyclic) bond motifs is 14. The van der Waals surface area contributed by atoms with Gasteiger partial charge in [-0.3, -0.25) is 19.4 Å². The summed E-state index contributed by atoms with van der Waals surface area (Å²) >= 11 is 0. The SMILES string of the molecule is CCCCN(CCCC)N=Cc1c2c(O)c3c(O)c(C)c4c(c3c1O)C(=O)[C@@](C)(OC=C[C@H](OC)[C@H](C)[C@H](OC(C)=O)[C@H](C)[C@H](O)[C@H](C)[C@@H](O)[C@H](C)C=CC=C(C)C(=O)N2)O4. The monoisotopic (exact) mass is 851 g/mol. The van der Waals surface area contributed by atoms with Gasteiger partial charge in [0.15, 0.2) is 5.75 Å². The van der Waals surface area contributed by atoms with Gasteiger partial charge in [0.1, 0.15) is 23.4 Å². The van der Waals surface area contributed by atoms with Crippen LogP contribution in [0.1, 0.15) is 109 Å². The van der Waals surface area contributed by atoms with E-state index in [0.717, 1.165) is 25.7 Å². The van der Waals surface area contributed by atoms with Gasteiger partial charge in [-0.15, -0.1) is 0 Å². The van der Waals surface area contributed by atoms with Crippen LogP contribution in [0.15, 0.2) is 41.2 Å². The summed E-state index contributed by atoms with van der Waals surface area (Å²) < 4.78 is 23.7. The van der Waals surface area contributed by atoms with Gasteiger partial charge < -0.3 is 49.8 Å². The van der Waals surface area contributed by atoms with Crippen LogP contribution < -0.4 is 10.1 Å². The number of esters is 1. The molecular formula is C46H65N3O12. The van der Waals surface area contributed by atoms with E-state index >= 15 is 0 Å². The summed E-state index contributed by atoms with van der Waals surface area (Å²) in [6.45, 7) is 17.9. The normalized spacial score (nSPS) is 27.6. The molecule has 0 saturated heterocycles. The predicted molar refractivity (Wildman–Crippen MR) is 233 cm³/mol. The average Bonchev–Trinajstić information content (AvgIpc) is 3.49. The molecule has 0 aliphatic carbocycles. The van der Waals surface area contributed by atoms with Crippen molar-refractivity contribution in [3.63, 3.8) is 0 Å². The average molecular weight is 852 g/mol. The van der Waals surface area contributed by atoms with Crippen LogP contribution in [0.25, 0.3) is 10.8 Å². The number of carbonyl (C=O) groups excluding carboxylic acids is 3. The minimum atomic E-state index is -2.05. The highest BCUT2D eigenvalue weighted by atomic mass is 16.7. The van der Waals surface area contributed by atoms with E-state index in [2.05, 4.69) is 24.3 Å². The molecule has 15 nitrogen and oxygen atoms in total. The Morgan fingerprint density at radius 3 is 2.16 bits per heavy atom. The van der Waals surface area contributed by atoms with E-state index in [4.69, 9.17) is 18.9 Å². The number of unbranched alkanes of at least 4 members (excludes halogenated alkanes) is 2. The molecule has 9 atom stereocenters. The molecule has 5 rings (SSSR count). The van der Waals surface area contributed by atoms with E-state index in [1.807, 2.05) is 5.01 Å². The lowest BCUT2D eigenvalue weighted by molar-refractivity contribution is -0.160. The summed E-state index contributed by atoms with van der Waals surface area (Å²) in [7, 11) is 1.44. The summed E-state index contributed by atoms with van der Waals surface area (Å²) in [6, 6.07) is 0. The van der Waals surface area contributed by atoms with E-state index in [0.29, 0.717) is 13.1 Å². The number of carbonyl (C=O) groups is 3. The maximum Gasteiger partial charge on any atom is 0.312 e. The fourth-order valence-electron chi connectivity index (χ4n) is 7.92. The number of methoxy groups -OCH3 is 1. The van der Waals surface area contributed by atoms with E-state index in [1.165, 1.54) is 59.4 Å². The van der Waals surface area contributed by atoms with Crippen LogP contribution in [0, 0.1) is 30.6 Å². The molecule has 336 valence electrons. The standard InChI is InChI=1S/C46H65N3O12/c1-12-14-20-49(21-15-13-2)47-23-31-36-41(55)34-33(40(31)54)35-43(29(8)39(34)53)61-46(10,44(35)56)59-22-19-32(58-11)26(5)42(60-30(9)50)28(7)38(52)27(6)37(51)24(3)17-16-18-25(4)45(57)48-36/h16-19,22-24,26-28,32,37-38,42,51-55H,12-15,20-21H2,1-11H3,(H,48,57)/t24-,26+,27-,28-,32+,37+,38-,42+,46+/m1/s1. The Kier molecular flexibility index (Phi) is 16.4. The second-order valence-electron chi connectivity index (χ2n) is 16.5. The van der Waals surface area contributed by atoms with Gasteiger partial charge >= 0.3 is 11.8 Å². The molecule has 0 aromatic heterocycles.